The fourth-order valence-electron chi connectivity index (χ4n) is 1.62. The second-order valence-electron chi connectivity index (χ2n) is 3.93. The zero-order valence-electron chi connectivity index (χ0n) is 10.1. The van der Waals surface area contributed by atoms with Gasteiger partial charge in [-0.3, -0.25) is 4.79 Å². The summed E-state index contributed by atoms with van der Waals surface area (Å²) in [4.78, 5) is 23.0. The molecule has 0 spiro atoms. The van der Waals surface area contributed by atoms with Crippen LogP contribution in [0.1, 0.15) is 20.7 Å². The summed E-state index contributed by atoms with van der Waals surface area (Å²) in [7, 11) is 0. The summed E-state index contributed by atoms with van der Waals surface area (Å²) in [6, 6.07) is 9.13. The van der Waals surface area contributed by atoms with Crippen LogP contribution < -0.4 is 5.32 Å². The molecule has 0 radical (unpaired) electrons. The molecule has 102 valence electrons. The highest BCUT2D eigenvalue weighted by molar-refractivity contribution is 6.34. The highest BCUT2D eigenvalue weighted by atomic mass is 35.5. The maximum atomic E-state index is 12.8. The number of aromatic carboxylic acids is 1. The van der Waals surface area contributed by atoms with Crippen LogP contribution in [0, 0.1) is 5.82 Å². The average molecular weight is 294 g/mol. The number of hydrogen-bond acceptors (Lipinski definition) is 2. The maximum Gasteiger partial charge on any atom is 0.337 e. The van der Waals surface area contributed by atoms with Crippen molar-refractivity contribution in [2.75, 3.05) is 5.32 Å². The Hall–Kier alpha value is -2.40. The Bertz CT molecular complexity index is 671. The molecule has 0 aliphatic heterocycles. The molecule has 2 aromatic rings. The van der Waals surface area contributed by atoms with Gasteiger partial charge in [0.25, 0.3) is 5.91 Å². The van der Waals surface area contributed by atoms with Crippen molar-refractivity contribution >= 4 is 29.2 Å². The van der Waals surface area contributed by atoms with Crippen molar-refractivity contribution in [1.29, 1.82) is 0 Å². The minimum Gasteiger partial charge on any atom is -0.478 e. The average Bonchev–Trinajstić information content (AvgIpc) is 2.41. The van der Waals surface area contributed by atoms with Gasteiger partial charge in [0.1, 0.15) is 5.82 Å². The SMILES string of the molecule is O=C(Nc1c(Cl)cccc1C(=O)O)c1ccc(F)cc1. The summed E-state index contributed by atoms with van der Waals surface area (Å²) in [5, 5.41) is 11.6. The minimum atomic E-state index is -1.21. The van der Waals surface area contributed by atoms with Gasteiger partial charge in [0.05, 0.1) is 16.3 Å². The zero-order chi connectivity index (χ0) is 14.7. The van der Waals surface area contributed by atoms with Crippen molar-refractivity contribution in [3.05, 3.63) is 64.4 Å². The number of hydrogen-bond donors (Lipinski definition) is 2. The number of carboxylic acid groups (broad SMARTS) is 1. The standard InChI is InChI=1S/C14H9ClFNO3/c15-11-3-1-2-10(14(19)20)12(11)17-13(18)8-4-6-9(16)7-5-8/h1-7H,(H,17,18)(H,19,20). The molecule has 0 aliphatic carbocycles. The Labute approximate surface area is 118 Å². The van der Waals surface area contributed by atoms with Crippen LogP contribution in [0.25, 0.3) is 0 Å². The van der Waals surface area contributed by atoms with Crippen molar-refractivity contribution in [3.8, 4) is 0 Å². The van der Waals surface area contributed by atoms with Gasteiger partial charge in [0, 0.05) is 5.56 Å². The zero-order valence-corrected chi connectivity index (χ0v) is 10.8. The summed E-state index contributed by atoms with van der Waals surface area (Å²) < 4.78 is 12.8. The van der Waals surface area contributed by atoms with E-state index in [1.807, 2.05) is 0 Å². The first-order chi connectivity index (χ1) is 9.49. The van der Waals surface area contributed by atoms with Gasteiger partial charge >= 0.3 is 5.97 Å². The second-order valence-corrected chi connectivity index (χ2v) is 4.34. The number of nitrogens with one attached hydrogen (secondary N) is 1. The molecule has 6 heteroatoms. The molecule has 0 atom stereocenters. The van der Waals surface area contributed by atoms with E-state index in [9.17, 15) is 14.0 Å². The molecule has 0 bridgehead atoms. The number of benzene rings is 2. The Balaban J connectivity index is 2.32. The summed E-state index contributed by atoms with van der Waals surface area (Å²) >= 11 is 5.89. The summed E-state index contributed by atoms with van der Waals surface area (Å²) in [5.74, 6) is -2.24. The first-order valence-corrected chi connectivity index (χ1v) is 5.95. The molecule has 0 saturated heterocycles. The van der Waals surface area contributed by atoms with E-state index in [0.717, 1.165) is 12.1 Å². The number of carbonyl (C=O) groups excluding carboxylic acids is 1. The molecular formula is C14H9ClFNO3. The lowest BCUT2D eigenvalue weighted by Crippen LogP contribution is -2.15. The van der Waals surface area contributed by atoms with Gasteiger partial charge in [-0.05, 0) is 36.4 Å². The lowest BCUT2D eigenvalue weighted by atomic mass is 10.1. The Morgan fingerprint density at radius 3 is 2.35 bits per heavy atom. The molecule has 2 rings (SSSR count). The quantitative estimate of drug-likeness (QED) is 0.911. The molecule has 2 aromatic carbocycles. The van der Waals surface area contributed by atoms with Crippen LogP contribution in [0.3, 0.4) is 0 Å². The molecule has 0 fully saturated rings. The molecule has 0 aliphatic rings. The predicted molar refractivity (Wildman–Crippen MR) is 72.8 cm³/mol. The van der Waals surface area contributed by atoms with E-state index in [1.54, 1.807) is 0 Å². The molecule has 0 aromatic heterocycles. The monoisotopic (exact) mass is 293 g/mol. The molecule has 1 amide bonds. The van der Waals surface area contributed by atoms with Crippen LogP contribution in [0.15, 0.2) is 42.5 Å². The Kier molecular flexibility index (Phi) is 4.00. The number of anilines is 1. The van der Waals surface area contributed by atoms with Gasteiger partial charge in [-0.25, -0.2) is 9.18 Å². The van der Waals surface area contributed by atoms with E-state index in [0.29, 0.717) is 0 Å². The largest absolute Gasteiger partial charge is 0.478 e. The molecule has 0 saturated carbocycles. The molecular weight excluding hydrogens is 285 g/mol. The molecule has 0 heterocycles. The number of amides is 1. The number of rotatable bonds is 3. The van der Waals surface area contributed by atoms with Gasteiger partial charge < -0.3 is 10.4 Å². The minimum absolute atomic E-state index is 0.0102. The van der Waals surface area contributed by atoms with Gasteiger partial charge in [0.2, 0.25) is 0 Å². The highest BCUT2D eigenvalue weighted by Gasteiger charge is 2.16. The van der Waals surface area contributed by atoms with Crippen LogP contribution in [-0.4, -0.2) is 17.0 Å². The normalized spacial score (nSPS) is 10.1. The van der Waals surface area contributed by atoms with Crippen LogP contribution in [0.5, 0.6) is 0 Å². The van der Waals surface area contributed by atoms with Crippen molar-refractivity contribution < 1.29 is 19.1 Å². The predicted octanol–water partition coefficient (Wildman–Crippen LogP) is 3.43. The highest BCUT2D eigenvalue weighted by Crippen LogP contribution is 2.26. The van der Waals surface area contributed by atoms with Crippen LogP contribution in [-0.2, 0) is 0 Å². The summed E-state index contributed by atoms with van der Waals surface area (Å²) in [6.07, 6.45) is 0. The Morgan fingerprint density at radius 1 is 1.10 bits per heavy atom. The third kappa shape index (κ3) is 2.95. The van der Waals surface area contributed by atoms with Gasteiger partial charge in [-0.1, -0.05) is 17.7 Å². The van der Waals surface area contributed by atoms with E-state index >= 15 is 0 Å². The van der Waals surface area contributed by atoms with Crippen molar-refractivity contribution in [1.82, 2.24) is 0 Å². The lowest BCUT2D eigenvalue weighted by Gasteiger charge is -2.10. The molecule has 4 nitrogen and oxygen atoms in total. The molecule has 20 heavy (non-hydrogen) atoms. The maximum absolute atomic E-state index is 12.8. The van der Waals surface area contributed by atoms with Gasteiger partial charge in [-0.15, -0.1) is 0 Å². The third-order valence-corrected chi connectivity index (χ3v) is 2.90. The first-order valence-electron chi connectivity index (χ1n) is 5.58. The summed E-state index contributed by atoms with van der Waals surface area (Å²) in [5.41, 5.74) is 0.0895. The van der Waals surface area contributed by atoms with Crippen LogP contribution in [0.2, 0.25) is 5.02 Å². The van der Waals surface area contributed by atoms with Crippen molar-refractivity contribution in [3.63, 3.8) is 0 Å². The first kappa shape index (κ1) is 14.0. The van der Waals surface area contributed by atoms with E-state index in [-0.39, 0.29) is 21.8 Å². The third-order valence-electron chi connectivity index (χ3n) is 2.59. The van der Waals surface area contributed by atoms with E-state index in [4.69, 9.17) is 16.7 Å². The van der Waals surface area contributed by atoms with Crippen molar-refractivity contribution in [2.45, 2.75) is 0 Å². The van der Waals surface area contributed by atoms with E-state index in [2.05, 4.69) is 5.32 Å². The van der Waals surface area contributed by atoms with Crippen molar-refractivity contribution in [2.24, 2.45) is 0 Å². The van der Waals surface area contributed by atoms with Crippen LogP contribution >= 0.6 is 11.6 Å². The topological polar surface area (TPSA) is 66.4 Å². The molecule has 0 unspecified atom stereocenters. The fraction of sp³-hybridized carbons (Fsp3) is 0. The van der Waals surface area contributed by atoms with Gasteiger partial charge in [-0.2, -0.15) is 0 Å². The van der Waals surface area contributed by atoms with Crippen LogP contribution in [0.4, 0.5) is 10.1 Å². The Morgan fingerprint density at radius 2 is 1.75 bits per heavy atom. The number of para-hydroxylation sites is 1. The van der Waals surface area contributed by atoms with E-state index < -0.39 is 17.7 Å². The molecule has 2 N–H and O–H groups in total. The lowest BCUT2D eigenvalue weighted by molar-refractivity contribution is 0.0698. The second kappa shape index (κ2) is 5.71. The number of carbonyl (C=O) groups is 2. The van der Waals surface area contributed by atoms with E-state index in [1.165, 1.54) is 30.3 Å². The fourth-order valence-corrected chi connectivity index (χ4v) is 1.84. The smallest absolute Gasteiger partial charge is 0.337 e. The summed E-state index contributed by atoms with van der Waals surface area (Å²) in [6.45, 7) is 0. The number of halogens is 2. The van der Waals surface area contributed by atoms with Gasteiger partial charge in [0.15, 0.2) is 0 Å². The number of carboxylic acids is 1.